The van der Waals surface area contributed by atoms with E-state index in [9.17, 15) is 0 Å². The first-order chi connectivity index (χ1) is 4.88. The number of halogens is 1. The van der Waals surface area contributed by atoms with Gasteiger partial charge in [0.2, 0.25) is 0 Å². The van der Waals surface area contributed by atoms with Crippen LogP contribution in [0.25, 0.3) is 5.65 Å². The molecule has 50 valence electrons. The molecule has 3 nitrogen and oxygen atoms in total. The van der Waals surface area contributed by atoms with Gasteiger partial charge in [0, 0.05) is 12.4 Å². The number of rotatable bonds is 0. The minimum atomic E-state index is 0.920. The summed E-state index contributed by atoms with van der Waals surface area (Å²) in [5.41, 5.74) is 0.920. The Morgan fingerprint density at radius 1 is 1.50 bits per heavy atom. The average molecular weight is 245 g/mol. The van der Waals surface area contributed by atoms with Crippen molar-refractivity contribution in [2.75, 3.05) is 0 Å². The molecule has 0 aromatic carbocycles. The first-order valence-corrected chi connectivity index (χ1v) is 3.89. The zero-order valence-corrected chi connectivity index (χ0v) is 7.19. The first-order valence-electron chi connectivity index (χ1n) is 2.82. The lowest BCUT2D eigenvalue weighted by molar-refractivity contribution is 0.939. The molecule has 0 saturated heterocycles. The molecular weight excluding hydrogens is 241 g/mol. The van der Waals surface area contributed by atoms with Crippen molar-refractivity contribution in [1.29, 1.82) is 0 Å². The fourth-order valence-electron chi connectivity index (χ4n) is 0.798. The van der Waals surface area contributed by atoms with E-state index in [0.717, 1.165) is 9.22 Å². The molecule has 0 spiro atoms. The third-order valence-electron chi connectivity index (χ3n) is 1.24. The summed E-state index contributed by atoms with van der Waals surface area (Å²) in [5.74, 6) is 0. The lowest BCUT2D eigenvalue weighted by atomic mass is 10.6. The Morgan fingerprint density at radius 2 is 2.40 bits per heavy atom. The highest BCUT2D eigenvalue weighted by Crippen LogP contribution is 2.08. The SMILES string of the molecule is Ic1cnn2cccnc12. The third kappa shape index (κ3) is 0.792. The molecule has 2 aromatic rings. The summed E-state index contributed by atoms with van der Waals surface area (Å²) < 4.78 is 2.83. The van der Waals surface area contributed by atoms with Crippen molar-refractivity contribution >= 4 is 28.2 Å². The number of fused-ring (bicyclic) bond motifs is 1. The van der Waals surface area contributed by atoms with Crippen molar-refractivity contribution in [2.24, 2.45) is 0 Å². The molecule has 10 heavy (non-hydrogen) atoms. The van der Waals surface area contributed by atoms with Gasteiger partial charge in [-0.2, -0.15) is 5.10 Å². The van der Waals surface area contributed by atoms with Crippen LogP contribution in [0.1, 0.15) is 0 Å². The summed E-state index contributed by atoms with van der Waals surface area (Å²) in [4.78, 5) is 4.13. The fourth-order valence-corrected chi connectivity index (χ4v) is 1.31. The van der Waals surface area contributed by atoms with Gasteiger partial charge >= 0.3 is 0 Å². The molecule has 0 aliphatic rings. The molecule has 0 aliphatic heterocycles. The summed E-state index contributed by atoms with van der Waals surface area (Å²) in [6, 6.07) is 1.86. The highest BCUT2D eigenvalue weighted by molar-refractivity contribution is 14.1. The average Bonchev–Trinajstić information content (AvgIpc) is 2.34. The largest absolute Gasteiger partial charge is 0.236 e. The number of aromatic nitrogens is 3. The van der Waals surface area contributed by atoms with Crippen LogP contribution in [0.3, 0.4) is 0 Å². The fraction of sp³-hybridized carbons (Fsp3) is 0. The van der Waals surface area contributed by atoms with Gasteiger partial charge in [-0.3, -0.25) is 0 Å². The number of hydrogen-bond donors (Lipinski definition) is 0. The molecule has 0 bridgehead atoms. The van der Waals surface area contributed by atoms with Crippen molar-refractivity contribution in [3.05, 3.63) is 28.2 Å². The van der Waals surface area contributed by atoms with Crippen LogP contribution in [0.2, 0.25) is 0 Å². The Bertz CT molecular complexity index is 355. The van der Waals surface area contributed by atoms with E-state index >= 15 is 0 Å². The van der Waals surface area contributed by atoms with Gasteiger partial charge in [-0.15, -0.1) is 0 Å². The van der Waals surface area contributed by atoms with Gasteiger partial charge in [0.1, 0.15) is 0 Å². The van der Waals surface area contributed by atoms with E-state index in [0.29, 0.717) is 0 Å². The van der Waals surface area contributed by atoms with E-state index < -0.39 is 0 Å². The summed E-state index contributed by atoms with van der Waals surface area (Å²) in [7, 11) is 0. The van der Waals surface area contributed by atoms with Crippen LogP contribution in [-0.2, 0) is 0 Å². The minimum Gasteiger partial charge on any atom is -0.236 e. The molecule has 0 aliphatic carbocycles. The molecule has 0 amide bonds. The zero-order valence-electron chi connectivity index (χ0n) is 5.03. The lowest BCUT2D eigenvalue weighted by Gasteiger charge is -1.87. The summed E-state index contributed by atoms with van der Waals surface area (Å²) in [6.07, 6.45) is 5.44. The van der Waals surface area contributed by atoms with Crippen molar-refractivity contribution in [3.8, 4) is 0 Å². The standard InChI is InChI=1S/C6H4IN3/c7-5-4-9-10-3-1-2-8-6(5)10/h1-4H. The molecular formula is C6H4IN3. The van der Waals surface area contributed by atoms with Crippen molar-refractivity contribution in [2.45, 2.75) is 0 Å². The first kappa shape index (κ1) is 6.09. The van der Waals surface area contributed by atoms with E-state index in [1.165, 1.54) is 0 Å². The van der Waals surface area contributed by atoms with Crippen LogP contribution >= 0.6 is 22.6 Å². The molecule has 0 radical (unpaired) electrons. The van der Waals surface area contributed by atoms with Gasteiger partial charge in [0.25, 0.3) is 0 Å². The van der Waals surface area contributed by atoms with Crippen LogP contribution in [0, 0.1) is 3.57 Å². The van der Waals surface area contributed by atoms with E-state index in [4.69, 9.17) is 0 Å². The van der Waals surface area contributed by atoms with Crippen molar-refractivity contribution in [1.82, 2.24) is 14.6 Å². The zero-order chi connectivity index (χ0) is 6.97. The topological polar surface area (TPSA) is 30.2 Å². The number of nitrogens with zero attached hydrogens (tertiary/aromatic N) is 3. The Morgan fingerprint density at radius 3 is 3.20 bits per heavy atom. The maximum absolute atomic E-state index is 4.13. The Balaban J connectivity index is 2.93. The van der Waals surface area contributed by atoms with Gasteiger partial charge < -0.3 is 0 Å². The van der Waals surface area contributed by atoms with Crippen LogP contribution in [0.15, 0.2) is 24.7 Å². The molecule has 0 unspecified atom stereocenters. The van der Waals surface area contributed by atoms with Crippen LogP contribution < -0.4 is 0 Å². The summed E-state index contributed by atoms with van der Waals surface area (Å²) >= 11 is 2.21. The molecule has 4 heteroatoms. The van der Waals surface area contributed by atoms with Crippen molar-refractivity contribution in [3.63, 3.8) is 0 Å². The van der Waals surface area contributed by atoms with Crippen LogP contribution in [0.5, 0.6) is 0 Å². The maximum atomic E-state index is 4.13. The second kappa shape index (κ2) is 2.19. The third-order valence-corrected chi connectivity index (χ3v) is 2.00. The predicted octanol–water partition coefficient (Wildman–Crippen LogP) is 1.33. The van der Waals surface area contributed by atoms with Gasteiger partial charge in [-0.1, -0.05) is 0 Å². The van der Waals surface area contributed by atoms with Crippen LogP contribution in [0.4, 0.5) is 0 Å². The molecule has 2 heterocycles. The minimum absolute atomic E-state index is 0.920. The van der Waals surface area contributed by atoms with Crippen molar-refractivity contribution < 1.29 is 0 Å². The highest BCUT2D eigenvalue weighted by Gasteiger charge is 1.97. The Labute approximate surface area is 71.2 Å². The normalized spacial score (nSPS) is 10.5. The Kier molecular flexibility index (Phi) is 1.33. The molecule has 0 fully saturated rings. The van der Waals surface area contributed by atoms with Gasteiger partial charge in [0.15, 0.2) is 5.65 Å². The summed E-state index contributed by atoms with van der Waals surface area (Å²) in [6.45, 7) is 0. The quantitative estimate of drug-likeness (QED) is 0.655. The second-order valence-corrected chi connectivity index (χ2v) is 3.04. The van der Waals surface area contributed by atoms with Crippen LogP contribution in [-0.4, -0.2) is 14.6 Å². The van der Waals surface area contributed by atoms with E-state index in [1.54, 1.807) is 16.9 Å². The highest BCUT2D eigenvalue weighted by atomic mass is 127. The number of hydrogen-bond acceptors (Lipinski definition) is 2. The molecule has 0 N–H and O–H groups in total. The smallest absolute Gasteiger partial charge is 0.168 e. The summed E-state index contributed by atoms with van der Waals surface area (Å²) in [5, 5.41) is 4.06. The van der Waals surface area contributed by atoms with E-state index in [2.05, 4.69) is 32.7 Å². The molecule has 0 saturated carbocycles. The maximum Gasteiger partial charge on any atom is 0.168 e. The van der Waals surface area contributed by atoms with Gasteiger partial charge in [-0.05, 0) is 28.7 Å². The second-order valence-electron chi connectivity index (χ2n) is 1.88. The molecule has 0 atom stereocenters. The Hall–Kier alpha value is -0.650. The lowest BCUT2D eigenvalue weighted by Crippen LogP contribution is -1.86. The molecule has 2 rings (SSSR count). The monoisotopic (exact) mass is 245 g/mol. The predicted molar refractivity (Wildman–Crippen MR) is 45.7 cm³/mol. The van der Waals surface area contributed by atoms with E-state index in [-0.39, 0.29) is 0 Å². The molecule has 2 aromatic heterocycles. The van der Waals surface area contributed by atoms with Gasteiger partial charge in [0.05, 0.1) is 9.77 Å². The van der Waals surface area contributed by atoms with E-state index in [1.807, 2.05) is 12.3 Å². The van der Waals surface area contributed by atoms with Gasteiger partial charge in [-0.25, -0.2) is 9.50 Å².